The van der Waals surface area contributed by atoms with Crippen molar-refractivity contribution in [2.45, 2.75) is 25.6 Å². The molecular weight excluding hydrogens is 410 g/mol. The molecular formula is C22H26ClNO6. The molecule has 0 aliphatic rings. The van der Waals surface area contributed by atoms with E-state index in [1.165, 1.54) is 14.2 Å². The Labute approximate surface area is 180 Å². The van der Waals surface area contributed by atoms with E-state index in [4.69, 9.17) is 16.3 Å². The SMILES string of the molecule is COC(=O)C(Oc1ccc(CC(C)C(O)CNc2cccc(Cl)c2)cc1)C(=O)OC. The van der Waals surface area contributed by atoms with Gasteiger partial charge in [0.05, 0.1) is 20.3 Å². The fourth-order valence-electron chi connectivity index (χ4n) is 2.78. The van der Waals surface area contributed by atoms with Gasteiger partial charge in [0.1, 0.15) is 5.75 Å². The van der Waals surface area contributed by atoms with Gasteiger partial charge in [-0.2, -0.15) is 0 Å². The Morgan fingerprint density at radius 3 is 2.27 bits per heavy atom. The van der Waals surface area contributed by atoms with E-state index in [-0.39, 0.29) is 5.92 Å². The van der Waals surface area contributed by atoms with Gasteiger partial charge in [-0.25, -0.2) is 9.59 Å². The molecule has 0 spiro atoms. The zero-order valence-corrected chi connectivity index (χ0v) is 17.9. The molecule has 0 heterocycles. The van der Waals surface area contributed by atoms with Gasteiger partial charge in [-0.1, -0.05) is 36.7 Å². The van der Waals surface area contributed by atoms with Crippen LogP contribution in [0, 0.1) is 5.92 Å². The van der Waals surface area contributed by atoms with Gasteiger partial charge in [0, 0.05) is 17.3 Å². The summed E-state index contributed by atoms with van der Waals surface area (Å²) in [5, 5.41) is 14.2. The number of rotatable bonds is 10. The standard InChI is InChI=1S/C22H26ClNO6/c1-14(19(25)13-24-17-6-4-5-16(23)12-17)11-15-7-9-18(10-8-15)30-20(21(26)28-2)22(27)29-3/h4-10,12,14,19-20,24-25H,11,13H2,1-3H3. The number of methoxy groups -OCH3 is 2. The van der Waals surface area contributed by atoms with Crippen molar-refractivity contribution < 1.29 is 28.9 Å². The second-order valence-corrected chi connectivity index (χ2v) is 7.26. The third-order valence-electron chi connectivity index (χ3n) is 4.56. The quantitative estimate of drug-likeness (QED) is 0.437. The molecule has 0 radical (unpaired) electrons. The fourth-order valence-corrected chi connectivity index (χ4v) is 2.97. The molecule has 7 nitrogen and oxygen atoms in total. The summed E-state index contributed by atoms with van der Waals surface area (Å²) in [5.74, 6) is -1.36. The van der Waals surface area contributed by atoms with E-state index in [1.807, 2.05) is 31.2 Å². The zero-order chi connectivity index (χ0) is 22.1. The Morgan fingerprint density at radius 1 is 1.07 bits per heavy atom. The predicted octanol–water partition coefficient (Wildman–Crippen LogP) is 3.09. The fraction of sp³-hybridized carbons (Fsp3) is 0.364. The van der Waals surface area contributed by atoms with Crippen molar-refractivity contribution in [3.05, 3.63) is 59.1 Å². The highest BCUT2D eigenvalue weighted by Gasteiger charge is 2.31. The zero-order valence-electron chi connectivity index (χ0n) is 17.1. The van der Waals surface area contributed by atoms with Crippen LogP contribution < -0.4 is 10.1 Å². The first-order valence-electron chi connectivity index (χ1n) is 9.42. The van der Waals surface area contributed by atoms with E-state index in [2.05, 4.69) is 14.8 Å². The molecule has 2 aromatic carbocycles. The maximum Gasteiger partial charge on any atom is 0.359 e. The number of carbonyl (C=O) groups is 2. The van der Waals surface area contributed by atoms with Gasteiger partial charge in [0.2, 0.25) is 0 Å². The molecule has 0 aliphatic carbocycles. The van der Waals surface area contributed by atoms with Gasteiger partial charge in [-0.15, -0.1) is 0 Å². The normalized spacial score (nSPS) is 12.7. The van der Waals surface area contributed by atoms with E-state index >= 15 is 0 Å². The van der Waals surface area contributed by atoms with Gasteiger partial charge in [-0.3, -0.25) is 0 Å². The summed E-state index contributed by atoms with van der Waals surface area (Å²) < 4.78 is 14.5. The van der Waals surface area contributed by atoms with Crippen molar-refractivity contribution in [3.63, 3.8) is 0 Å². The monoisotopic (exact) mass is 435 g/mol. The van der Waals surface area contributed by atoms with Crippen molar-refractivity contribution in [2.75, 3.05) is 26.1 Å². The summed E-state index contributed by atoms with van der Waals surface area (Å²) >= 11 is 5.96. The summed E-state index contributed by atoms with van der Waals surface area (Å²) in [6.07, 6.45) is -1.41. The molecule has 0 aromatic heterocycles. The van der Waals surface area contributed by atoms with E-state index in [1.54, 1.807) is 24.3 Å². The van der Waals surface area contributed by atoms with Crippen molar-refractivity contribution in [1.29, 1.82) is 0 Å². The molecule has 0 aliphatic heterocycles. The average molecular weight is 436 g/mol. The minimum Gasteiger partial charge on any atom is -0.467 e. The van der Waals surface area contributed by atoms with E-state index < -0.39 is 24.1 Å². The Morgan fingerprint density at radius 2 is 1.70 bits per heavy atom. The topological polar surface area (TPSA) is 94.1 Å². The number of anilines is 1. The van der Waals surface area contributed by atoms with Gasteiger partial charge in [-0.05, 0) is 48.2 Å². The number of benzene rings is 2. The predicted molar refractivity (Wildman–Crippen MR) is 114 cm³/mol. The minimum atomic E-state index is -1.48. The van der Waals surface area contributed by atoms with Crippen LogP contribution in [0.25, 0.3) is 0 Å². The molecule has 8 heteroatoms. The lowest BCUT2D eigenvalue weighted by Crippen LogP contribution is -2.37. The van der Waals surface area contributed by atoms with Gasteiger partial charge in [0.25, 0.3) is 6.10 Å². The number of aliphatic hydroxyl groups is 1. The third-order valence-corrected chi connectivity index (χ3v) is 4.80. The Hall–Kier alpha value is -2.77. The van der Waals surface area contributed by atoms with Crippen LogP contribution in [0.3, 0.4) is 0 Å². The van der Waals surface area contributed by atoms with E-state index in [0.29, 0.717) is 23.7 Å². The van der Waals surface area contributed by atoms with Crippen molar-refractivity contribution in [1.82, 2.24) is 0 Å². The maximum absolute atomic E-state index is 11.7. The first-order valence-corrected chi connectivity index (χ1v) is 9.80. The lowest BCUT2D eigenvalue weighted by molar-refractivity contribution is -0.163. The van der Waals surface area contributed by atoms with Crippen LogP contribution in [-0.2, 0) is 25.5 Å². The molecule has 2 rings (SSSR count). The van der Waals surface area contributed by atoms with E-state index in [0.717, 1.165) is 11.3 Å². The van der Waals surface area contributed by atoms with Crippen molar-refractivity contribution >= 4 is 29.2 Å². The Kier molecular flexibility index (Phi) is 8.95. The lowest BCUT2D eigenvalue weighted by atomic mass is 9.95. The first kappa shape index (κ1) is 23.5. The largest absolute Gasteiger partial charge is 0.467 e. The average Bonchev–Trinajstić information content (AvgIpc) is 2.75. The van der Waals surface area contributed by atoms with E-state index in [9.17, 15) is 14.7 Å². The summed E-state index contributed by atoms with van der Waals surface area (Å²) in [6, 6.07) is 14.2. The number of nitrogens with one attached hydrogen (secondary N) is 1. The van der Waals surface area contributed by atoms with Crippen molar-refractivity contribution in [3.8, 4) is 5.75 Å². The second kappa shape index (κ2) is 11.4. The number of hydrogen-bond acceptors (Lipinski definition) is 7. The summed E-state index contributed by atoms with van der Waals surface area (Å²) in [4.78, 5) is 23.4. The van der Waals surface area contributed by atoms with Gasteiger partial charge in [0.15, 0.2) is 0 Å². The number of esters is 2. The molecule has 0 saturated heterocycles. The van der Waals surface area contributed by atoms with Gasteiger partial charge < -0.3 is 24.6 Å². The van der Waals surface area contributed by atoms with Crippen LogP contribution in [-0.4, -0.2) is 50.0 Å². The number of ether oxygens (including phenoxy) is 3. The number of carbonyl (C=O) groups excluding carboxylic acids is 2. The van der Waals surface area contributed by atoms with Crippen LogP contribution in [0.5, 0.6) is 5.75 Å². The molecule has 0 saturated carbocycles. The summed E-state index contributed by atoms with van der Waals surface area (Å²) in [5.41, 5.74) is 1.82. The lowest BCUT2D eigenvalue weighted by Gasteiger charge is -2.20. The van der Waals surface area contributed by atoms with Gasteiger partial charge >= 0.3 is 11.9 Å². The van der Waals surface area contributed by atoms with Crippen LogP contribution in [0.4, 0.5) is 5.69 Å². The highest BCUT2D eigenvalue weighted by atomic mass is 35.5. The van der Waals surface area contributed by atoms with Crippen molar-refractivity contribution in [2.24, 2.45) is 5.92 Å². The Bertz CT molecular complexity index is 826. The minimum absolute atomic E-state index is 0.0126. The molecule has 0 bridgehead atoms. The van der Waals surface area contributed by atoms with Crippen LogP contribution in [0.15, 0.2) is 48.5 Å². The van der Waals surface area contributed by atoms with Crippen LogP contribution >= 0.6 is 11.6 Å². The first-order chi connectivity index (χ1) is 14.3. The maximum atomic E-state index is 11.7. The highest BCUT2D eigenvalue weighted by Crippen LogP contribution is 2.20. The van der Waals surface area contributed by atoms with Crippen LogP contribution in [0.1, 0.15) is 12.5 Å². The smallest absolute Gasteiger partial charge is 0.359 e. The molecule has 30 heavy (non-hydrogen) atoms. The molecule has 0 fully saturated rings. The molecule has 2 unspecified atom stereocenters. The molecule has 2 atom stereocenters. The van der Waals surface area contributed by atoms with Crippen LogP contribution in [0.2, 0.25) is 5.02 Å². The summed E-state index contributed by atoms with van der Waals surface area (Å²) in [7, 11) is 2.33. The third kappa shape index (κ3) is 6.93. The second-order valence-electron chi connectivity index (χ2n) is 6.83. The number of aliphatic hydroxyl groups excluding tert-OH is 1. The molecule has 162 valence electrons. The molecule has 2 N–H and O–H groups in total. The molecule has 2 aromatic rings. The molecule has 0 amide bonds. The Balaban J connectivity index is 1.90. The number of halogens is 1. The number of hydrogen-bond donors (Lipinski definition) is 2. The summed E-state index contributed by atoms with van der Waals surface area (Å²) in [6.45, 7) is 2.35. The highest BCUT2D eigenvalue weighted by molar-refractivity contribution is 6.30.